The van der Waals surface area contributed by atoms with Gasteiger partial charge in [-0.25, -0.2) is 0 Å². The number of amides is 1. The molecule has 0 aliphatic rings. The van der Waals surface area contributed by atoms with Gasteiger partial charge in [0.2, 0.25) is 0 Å². The molecule has 0 saturated carbocycles. The van der Waals surface area contributed by atoms with Crippen LogP contribution in [0.4, 0.5) is 0 Å². The zero-order valence-electron chi connectivity index (χ0n) is 11.2. The van der Waals surface area contributed by atoms with Crippen LogP contribution < -0.4 is 20.5 Å². The molecule has 5 nitrogen and oxygen atoms in total. The van der Waals surface area contributed by atoms with Crippen LogP contribution in [0.5, 0.6) is 11.5 Å². The van der Waals surface area contributed by atoms with Crippen molar-refractivity contribution in [2.75, 3.05) is 20.2 Å². The van der Waals surface area contributed by atoms with E-state index in [4.69, 9.17) is 15.2 Å². The quantitative estimate of drug-likeness (QED) is 0.743. The fraction of sp³-hybridized carbons (Fsp3) is 0.462. The van der Waals surface area contributed by atoms with E-state index in [9.17, 15) is 4.79 Å². The number of halogens is 1. The first-order valence-corrected chi connectivity index (χ1v) is 5.96. The molecule has 19 heavy (non-hydrogen) atoms. The van der Waals surface area contributed by atoms with Gasteiger partial charge in [0.05, 0.1) is 7.11 Å². The van der Waals surface area contributed by atoms with Crippen LogP contribution in [0.3, 0.4) is 0 Å². The van der Waals surface area contributed by atoms with Crippen LogP contribution in [0.25, 0.3) is 0 Å². The third-order valence-electron chi connectivity index (χ3n) is 2.42. The molecule has 0 radical (unpaired) electrons. The fourth-order valence-corrected chi connectivity index (χ4v) is 1.37. The van der Waals surface area contributed by atoms with Crippen molar-refractivity contribution >= 4 is 18.3 Å². The maximum absolute atomic E-state index is 11.6. The molecule has 0 heterocycles. The fourth-order valence-electron chi connectivity index (χ4n) is 1.37. The molecule has 0 bridgehead atoms. The van der Waals surface area contributed by atoms with E-state index in [1.807, 2.05) is 0 Å². The third kappa shape index (κ3) is 6.31. The Morgan fingerprint density at radius 2 is 1.89 bits per heavy atom. The Bertz CT molecular complexity index is 371. The second-order valence-corrected chi connectivity index (χ2v) is 3.87. The van der Waals surface area contributed by atoms with Gasteiger partial charge in [-0.15, -0.1) is 12.4 Å². The van der Waals surface area contributed by atoms with Crippen molar-refractivity contribution in [3.8, 4) is 11.5 Å². The van der Waals surface area contributed by atoms with E-state index in [-0.39, 0.29) is 18.3 Å². The van der Waals surface area contributed by atoms with E-state index in [1.165, 1.54) is 0 Å². The number of nitrogens with two attached hydrogens (primary N) is 1. The molecule has 1 aromatic rings. The Hall–Kier alpha value is -1.46. The van der Waals surface area contributed by atoms with E-state index in [1.54, 1.807) is 38.3 Å². The SMILES string of the molecule is COc1ccc(OC(C)C(=O)NCCCN)cc1.Cl. The monoisotopic (exact) mass is 288 g/mol. The molecule has 0 aromatic heterocycles. The number of hydrogen-bond donors (Lipinski definition) is 2. The summed E-state index contributed by atoms with van der Waals surface area (Å²) < 4.78 is 10.5. The van der Waals surface area contributed by atoms with Gasteiger partial charge >= 0.3 is 0 Å². The van der Waals surface area contributed by atoms with E-state index in [0.29, 0.717) is 18.8 Å². The second-order valence-electron chi connectivity index (χ2n) is 3.87. The van der Waals surface area contributed by atoms with Crippen molar-refractivity contribution in [3.05, 3.63) is 24.3 Å². The molecule has 1 rings (SSSR count). The average molecular weight is 289 g/mol. The summed E-state index contributed by atoms with van der Waals surface area (Å²) in [5, 5.41) is 2.76. The van der Waals surface area contributed by atoms with Crippen molar-refractivity contribution in [2.24, 2.45) is 5.73 Å². The lowest BCUT2D eigenvalue weighted by atomic mass is 10.3. The smallest absolute Gasteiger partial charge is 0.260 e. The van der Waals surface area contributed by atoms with Crippen molar-refractivity contribution in [3.63, 3.8) is 0 Å². The zero-order valence-corrected chi connectivity index (χ0v) is 12.0. The lowest BCUT2D eigenvalue weighted by Crippen LogP contribution is -2.37. The molecule has 3 N–H and O–H groups in total. The predicted octanol–water partition coefficient (Wildman–Crippen LogP) is 1.35. The molecule has 1 atom stereocenters. The highest BCUT2D eigenvalue weighted by molar-refractivity contribution is 5.85. The predicted molar refractivity (Wildman–Crippen MR) is 77.0 cm³/mol. The van der Waals surface area contributed by atoms with Crippen LogP contribution >= 0.6 is 12.4 Å². The van der Waals surface area contributed by atoms with Crippen molar-refractivity contribution in [1.82, 2.24) is 5.32 Å². The molecule has 0 spiro atoms. The van der Waals surface area contributed by atoms with Crippen LogP contribution in [-0.4, -0.2) is 32.2 Å². The molecule has 108 valence electrons. The number of rotatable bonds is 7. The normalized spacial score (nSPS) is 11.1. The molecule has 1 unspecified atom stereocenters. The minimum Gasteiger partial charge on any atom is -0.497 e. The maximum Gasteiger partial charge on any atom is 0.260 e. The summed E-state index contributed by atoms with van der Waals surface area (Å²) in [6.45, 7) is 2.85. The molecule has 0 fully saturated rings. The molecule has 0 aliphatic heterocycles. The summed E-state index contributed by atoms with van der Waals surface area (Å²) in [5.74, 6) is 1.25. The lowest BCUT2D eigenvalue weighted by Gasteiger charge is -2.14. The highest BCUT2D eigenvalue weighted by atomic mass is 35.5. The Kier molecular flexibility index (Phi) is 8.74. The van der Waals surface area contributed by atoms with Gasteiger partial charge in [-0.2, -0.15) is 0 Å². The van der Waals surface area contributed by atoms with Crippen LogP contribution in [0.1, 0.15) is 13.3 Å². The summed E-state index contributed by atoms with van der Waals surface area (Å²) >= 11 is 0. The summed E-state index contributed by atoms with van der Waals surface area (Å²) in [4.78, 5) is 11.6. The third-order valence-corrected chi connectivity index (χ3v) is 2.42. The first-order valence-electron chi connectivity index (χ1n) is 5.96. The van der Waals surface area contributed by atoms with E-state index < -0.39 is 6.10 Å². The highest BCUT2D eigenvalue weighted by Gasteiger charge is 2.13. The van der Waals surface area contributed by atoms with Crippen molar-refractivity contribution < 1.29 is 14.3 Å². The molecule has 0 saturated heterocycles. The number of ether oxygens (including phenoxy) is 2. The highest BCUT2D eigenvalue weighted by Crippen LogP contribution is 2.18. The minimum atomic E-state index is -0.531. The maximum atomic E-state index is 11.6. The standard InChI is InChI=1S/C13H20N2O3.ClH/c1-10(13(16)15-9-3-8-14)18-12-6-4-11(17-2)5-7-12;/h4-7,10H,3,8-9,14H2,1-2H3,(H,15,16);1H. The Morgan fingerprint density at radius 1 is 1.32 bits per heavy atom. The van der Waals surface area contributed by atoms with Gasteiger partial charge in [-0.05, 0) is 44.2 Å². The number of nitrogens with one attached hydrogen (secondary N) is 1. The molecular weight excluding hydrogens is 268 g/mol. The Balaban J connectivity index is 0.00000324. The largest absolute Gasteiger partial charge is 0.497 e. The second kappa shape index (κ2) is 9.47. The number of carbonyl (C=O) groups excluding carboxylic acids is 1. The molecule has 0 aliphatic carbocycles. The van der Waals surface area contributed by atoms with Crippen molar-refractivity contribution in [2.45, 2.75) is 19.4 Å². The summed E-state index contributed by atoms with van der Waals surface area (Å²) in [7, 11) is 1.60. The lowest BCUT2D eigenvalue weighted by molar-refractivity contribution is -0.127. The van der Waals surface area contributed by atoms with Gasteiger partial charge < -0.3 is 20.5 Å². The molecule has 1 amide bonds. The van der Waals surface area contributed by atoms with Gasteiger partial charge in [0.25, 0.3) is 5.91 Å². The van der Waals surface area contributed by atoms with Gasteiger partial charge in [0.1, 0.15) is 11.5 Å². The first kappa shape index (κ1) is 17.5. The summed E-state index contributed by atoms with van der Waals surface area (Å²) in [6, 6.07) is 7.10. The van der Waals surface area contributed by atoms with Crippen molar-refractivity contribution in [1.29, 1.82) is 0 Å². The van der Waals surface area contributed by atoms with E-state index >= 15 is 0 Å². The van der Waals surface area contributed by atoms with Crippen LogP contribution in [-0.2, 0) is 4.79 Å². The number of methoxy groups -OCH3 is 1. The van der Waals surface area contributed by atoms with Crippen LogP contribution in [0.2, 0.25) is 0 Å². The van der Waals surface area contributed by atoms with Gasteiger partial charge in [-0.3, -0.25) is 4.79 Å². The molecule has 6 heteroatoms. The van der Waals surface area contributed by atoms with Gasteiger partial charge in [0.15, 0.2) is 6.10 Å². The number of benzene rings is 1. The van der Waals surface area contributed by atoms with E-state index in [0.717, 1.165) is 12.2 Å². The molecule has 1 aromatic carbocycles. The minimum absolute atomic E-state index is 0. The Labute approximate surface area is 119 Å². The summed E-state index contributed by atoms with van der Waals surface area (Å²) in [6.07, 6.45) is 0.234. The Morgan fingerprint density at radius 3 is 2.42 bits per heavy atom. The number of hydrogen-bond acceptors (Lipinski definition) is 4. The summed E-state index contributed by atoms with van der Waals surface area (Å²) in [5.41, 5.74) is 5.35. The first-order chi connectivity index (χ1) is 8.67. The van der Waals surface area contributed by atoms with Crippen LogP contribution in [0, 0.1) is 0 Å². The number of carbonyl (C=O) groups is 1. The van der Waals surface area contributed by atoms with Gasteiger partial charge in [0, 0.05) is 6.54 Å². The topological polar surface area (TPSA) is 73.6 Å². The zero-order chi connectivity index (χ0) is 13.4. The molecular formula is C13H21ClN2O3. The average Bonchev–Trinajstić information content (AvgIpc) is 2.39. The van der Waals surface area contributed by atoms with Gasteiger partial charge in [-0.1, -0.05) is 0 Å². The van der Waals surface area contributed by atoms with Crippen LogP contribution in [0.15, 0.2) is 24.3 Å². The van der Waals surface area contributed by atoms with E-state index in [2.05, 4.69) is 5.32 Å².